The van der Waals surface area contributed by atoms with Crippen molar-refractivity contribution in [3.63, 3.8) is 0 Å². The van der Waals surface area contributed by atoms with Crippen LogP contribution in [0.3, 0.4) is 0 Å². The maximum absolute atomic E-state index is 12.3. The summed E-state index contributed by atoms with van der Waals surface area (Å²) in [5.74, 6) is 6.10. The average molecular weight is 506 g/mol. The third kappa shape index (κ3) is 5.95. The molecule has 0 saturated heterocycles. The number of anilines is 1. The van der Waals surface area contributed by atoms with Gasteiger partial charge in [0.2, 0.25) is 0 Å². The lowest BCUT2D eigenvalue weighted by Gasteiger charge is -2.21. The van der Waals surface area contributed by atoms with Gasteiger partial charge in [-0.3, -0.25) is 4.98 Å². The van der Waals surface area contributed by atoms with Gasteiger partial charge in [-0.2, -0.15) is 0 Å². The van der Waals surface area contributed by atoms with Crippen molar-refractivity contribution in [1.82, 2.24) is 9.97 Å². The third-order valence-corrected chi connectivity index (χ3v) is 6.64. The van der Waals surface area contributed by atoms with Crippen molar-refractivity contribution < 1.29 is 14.3 Å². The first-order valence-corrected chi connectivity index (χ1v) is 13.1. The molecule has 1 N–H and O–H groups in total. The molecule has 0 radical (unpaired) electrons. The number of unbranched alkanes of at least 4 members (excludes halogenated alkanes) is 1. The van der Waals surface area contributed by atoms with Gasteiger partial charge in [0.25, 0.3) is 0 Å². The Labute approximate surface area is 223 Å². The number of hydrogen-bond acceptors (Lipinski definition) is 6. The number of para-hydroxylation sites is 1. The van der Waals surface area contributed by atoms with Gasteiger partial charge in [-0.15, -0.1) is 0 Å². The molecule has 6 heteroatoms. The number of nitrogens with zero attached hydrogens (tertiary/aromatic N) is 2. The first kappa shape index (κ1) is 25.3. The van der Waals surface area contributed by atoms with Crippen molar-refractivity contribution in [1.29, 1.82) is 0 Å². The molecule has 0 aliphatic heterocycles. The zero-order valence-electron chi connectivity index (χ0n) is 21.6. The molecular formula is C32H31N3O3. The van der Waals surface area contributed by atoms with Crippen LogP contribution in [0.1, 0.15) is 58.7 Å². The summed E-state index contributed by atoms with van der Waals surface area (Å²) < 4.78 is 10.8. The summed E-state index contributed by atoms with van der Waals surface area (Å²) in [6, 6.07) is 21.6. The highest BCUT2D eigenvalue weighted by molar-refractivity contribution is 5.93. The molecule has 4 aromatic rings. The van der Waals surface area contributed by atoms with Crippen molar-refractivity contribution in [3.05, 3.63) is 94.9 Å². The zero-order valence-corrected chi connectivity index (χ0v) is 21.6. The molecule has 0 unspecified atom stereocenters. The van der Waals surface area contributed by atoms with Crippen LogP contribution in [0.4, 0.5) is 5.69 Å². The first-order chi connectivity index (χ1) is 18.7. The van der Waals surface area contributed by atoms with Gasteiger partial charge in [-0.25, -0.2) is 9.78 Å². The minimum absolute atomic E-state index is 0.131. The van der Waals surface area contributed by atoms with E-state index < -0.39 is 5.97 Å². The number of carbonyl (C=O) groups excluding carboxylic acids is 1. The Kier molecular flexibility index (Phi) is 8.15. The number of hydrogen-bond donors (Lipinski definition) is 1. The number of esters is 1. The summed E-state index contributed by atoms with van der Waals surface area (Å²) in [4.78, 5) is 21.6. The van der Waals surface area contributed by atoms with Gasteiger partial charge in [0, 0.05) is 29.7 Å². The molecule has 2 aromatic carbocycles. The molecule has 0 amide bonds. The Hall–Kier alpha value is -4.37. The second kappa shape index (κ2) is 12.2. The lowest BCUT2D eigenvalue weighted by Crippen LogP contribution is -2.12. The maximum Gasteiger partial charge on any atom is 0.360 e. The van der Waals surface area contributed by atoms with E-state index in [4.69, 9.17) is 14.5 Å². The van der Waals surface area contributed by atoms with E-state index in [0.717, 1.165) is 36.9 Å². The molecule has 2 heterocycles. The number of fused-ring (bicyclic) bond motifs is 2. The van der Waals surface area contributed by atoms with Crippen LogP contribution in [0, 0.1) is 11.8 Å². The topological polar surface area (TPSA) is 73.3 Å². The van der Waals surface area contributed by atoms with Crippen molar-refractivity contribution in [2.45, 2.75) is 45.1 Å². The van der Waals surface area contributed by atoms with Crippen LogP contribution in [0.5, 0.6) is 5.75 Å². The number of benzene rings is 2. The van der Waals surface area contributed by atoms with Gasteiger partial charge in [0.05, 0.1) is 12.6 Å². The summed E-state index contributed by atoms with van der Waals surface area (Å²) in [7, 11) is 1.33. The van der Waals surface area contributed by atoms with Crippen molar-refractivity contribution >= 4 is 22.6 Å². The summed E-state index contributed by atoms with van der Waals surface area (Å²) in [6.07, 6.45) is 6.15. The molecule has 5 rings (SSSR count). The highest BCUT2D eigenvalue weighted by Crippen LogP contribution is 2.33. The molecule has 0 saturated carbocycles. The number of carbonyl (C=O) groups is 1. The fourth-order valence-electron chi connectivity index (χ4n) is 4.73. The monoisotopic (exact) mass is 505 g/mol. The van der Waals surface area contributed by atoms with Crippen LogP contribution in [0.15, 0.2) is 66.7 Å². The standard InChI is InChI=1S/C32H31N3O3/c1-37-32(36)31-29(38-22-23-12-4-2-5-13-23)20-19-24(34-31)14-6-3-11-21-33-30-25-15-7-9-17-27(25)35-28-18-10-8-16-26(28)30/h2,4-5,7,9,12-13,15,17,19-20H,3,8,10-11,16,18,21-22H2,1H3,(H,33,35). The van der Waals surface area contributed by atoms with Gasteiger partial charge in [0.15, 0.2) is 11.4 Å². The molecule has 38 heavy (non-hydrogen) atoms. The van der Waals surface area contributed by atoms with Gasteiger partial charge in [-0.05, 0) is 67.4 Å². The highest BCUT2D eigenvalue weighted by atomic mass is 16.5. The number of nitrogens with one attached hydrogen (secondary N) is 1. The van der Waals surface area contributed by atoms with E-state index in [0.29, 0.717) is 24.5 Å². The summed E-state index contributed by atoms with van der Waals surface area (Å²) in [5, 5.41) is 4.87. The Bertz CT molecular complexity index is 1490. The first-order valence-electron chi connectivity index (χ1n) is 13.1. The van der Waals surface area contributed by atoms with Crippen LogP contribution >= 0.6 is 0 Å². The maximum atomic E-state index is 12.3. The second-order valence-electron chi connectivity index (χ2n) is 9.28. The SMILES string of the molecule is COC(=O)c1nc(C#CCCCNc2c3c(nc4ccccc24)CCCC3)ccc1OCc1ccccc1. The summed E-state index contributed by atoms with van der Waals surface area (Å²) in [5.41, 5.74) is 6.54. The van der Waals surface area contributed by atoms with Gasteiger partial charge in [-0.1, -0.05) is 54.5 Å². The molecule has 1 aliphatic carbocycles. The zero-order chi connectivity index (χ0) is 26.2. The van der Waals surface area contributed by atoms with E-state index in [1.165, 1.54) is 42.3 Å². The van der Waals surface area contributed by atoms with Crippen molar-refractivity contribution in [2.75, 3.05) is 19.0 Å². The van der Waals surface area contributed by atoms with E-state index in [9.17, 15) is 4.79 Å². The highest BCUT2D eigenvalue weighted by Gasteiger charge is 2.18. The lowest BCUT2D eigenvalue weighted by atomic mass is 9.92. The fraction of sp³-hybridized carbons (Fsp3) is 0.281. The molecule has 1 aliphatic rings. The van der Waals surface area contributed by atoms with E-state index in [2.05, 4.69) is 40.3 Å². The number of aromatic nitrogens is 2. The van der Waals surface area contributed by atoms with Gasteiger partial charge in [0.1, 0.15) is 12.3 Å². The summed E-state index contributed by atoms with van der Waals surface area (Å²) in [6.45, 7) is 1.16. The largest absolute Gasteiger partial charge is 0.486 e. The molecule has 0 bridgehead atoms. The van der Waals surface area contributed by atoms with Crippen LogP contribution < -0.4 is 10.1 Å². The number of pyridine rings is 2. The third-order valence-electron chi connectivity index (χ3n) is 6.64. The van der Waals surface area contributed by atoms with Crippen LogP contribution in [0.25, 0.3) is 10.9 Å². The van der Waals surface area contributed by atoms with E-state index >= 15 is 0 Å². The number of ether oxygens (including phenoxy) is 2. The van der Waals surface area contributed by atoms with Crippen LogP contribution in [0.2, 0.25) is 0 Å². The fourth-order valence-corrected chi connectivity index (χ4v) is 4.73. The van der Waals surface area contributed by atoms with E-state index in [-0.39, 0.29) is 5.69 Å². The molecule has 0 fully saturated rings. The molecule has 192 valence electrons. The summed E-state index contributed by atoms with van der Waals surface area (Å²) >= 11 is 0. The molecule has 6 nitrogen and oxygen atoms in total. The van der Waals surface area contributed by atoms with Gasteiger partial charge < -0.3 is 14.8 Å². The molecule has 0 atom stereocenters. The predicted octanol–water partition coefficient (Wildman–Crippen LogP) is 6.12. The number of methoxy groups -OCH3 is 1. The smallest absolute Gasteiger partial charge is 0.360 e. The lowest BCUT2D eigenvalue weighted by molar-refractivity contribution is 0.0588. The minimum Gasteiger partial charge on any atom is -0.486 e. The quantitative estimate of drug-likeness (QED) is 0.177. The second-order valence-corrected chi connectivity index (χ2v) is 9.28. The molecular weight excluding hydrogens is 474 g/mol. The van der Waals surface area contributed by atoms with Crippen LogP contribution in [-0.4, -0.2) is 29.6 Å². The van der Waals surface area contributed by atoms with E-state index in [1.54, 1.807) is 12.1 Å². The Morgan fingerprint density at radius 2 is 1.79 bits per heavy atom. The van der Waals surface area contributed by atoms with Gasteiger partial charge >= 0.3 is 5.97 Å². The van der Waals surface area contributed by atoms with Crippen molar-refractivity contribution in [2.24, 2.45) is 0 Å². The molecule has 2 aromatic heterocycles. The normalized spacial score (nSPS) is 12.2. The minimum atomic E-state index is -0.547. The van der Waals surface area contributed by atoms with Crippen molar-refractivity contribution in [3.8, 4) is 17.6 Å². The Balaban J connectivity index is 1.21. The Morgan fingerprint density at radius 3 is 2.66 bits per heavy atom. The number of rotatable bonds is 8. The van der Waals surface area contributed by atoms with Crippen LogP contribution in [-0.2, 0) is 24.2 Å². The Morgan fingerprint density at radius 1 is 0.974 bits per heavy atom. The number of aryl methyl sites for hydroxylation is 1. The van der Waals surface area contributed by atoms with E-state index in [1.807, 2.05) is 36.4 Å². The molecule has 0 spiro atoms. The average Bonchev–Trinajstić information content (AvgIpc) is 2.97. The predicted molar refractivity (Wildman–Crippen MR) is 149 cm³/mol.